The van der Waals surface area contributed by atoms with E-state index in [1.165, 1.54) is 18.2 Å². The van der Waals surface area contributed by atoms with Crippen LogP contribution >= 0.6 is 11.8 Å². The number of para-hydroxylation sites is 1. The van der Waals surface area contributed by atoms with Crippen molar-refractivity contribution in [3.05, 3.63) is 29.8 Å². The molecule has 2 heterocycles. The van der Waals surface area contributed by atoms with Crippen LogP contribution in [-0.2, 0) is 15.7 Å². The molecule has 7 nitrogen and oxygen atoms in total. The Morgan fingerprint density at radius 2 is 2.11 bits per heavy atom. The van der Waals surface area contributed by atoms with Crippen molar-refractivity contribution in [2.24, 2.45) is 5.92 Å². The Bertz CT molecular complexity index is 821. The van der Waals surface area contributed by atoms with Crippen molar-refractivity contribution in [2.75, 3.05) is 18.5 Å². The summed E-state index contributed by atoms with van der Waals surface area (Å²) >= 11 is 1.14. The highest BCUT2D eigenvalue weighted by atomic mass is 32.2. The minimum absolute atomic E-state index is 0.0145. The first kappa shape index (κ1) is 20.6. The molecule has 1 aliphatic heterocycles. The smallest absolute Gasteiger partial charge is 0.379 e. The van der Waals surface area contributed by atoms with Crippen molar-refractivity contribution in [1.82, 2.24) is 20.2 Å². The maximum atomic E-state index is 13.2. The molecule has 0 bridgehead atoms. The Labute approximate surface area is 164 Å². The predicted octanol–water partition coefficient (Wildman–Crippen LogP) is 3.41. The molecule has 1 N–H and O–H groups in total. The minimum Gasteiger partial charge on any atom is -0.379 e. The van der Waals surface area contributed by atoms with Crippen LogP contribution in [0.1, 0.15) is 31.9 Å². The van der Waals surface area contributed by atoms with E-state index >= 15 is 0 Å². The number of amides is 1. The zero-order chi connectivity index (χ0) is 20.3. The third-order valence-electron chi connectivity index (χ3n) is 4.30. The van der Waals surface area contributed by atoms with Gasteiger partial charge in [-0.3, -0.25) is 4.79 Å². The molecule has 1 aromatic carbocycles. The largest absolute Gasteiger partial charge is 0.418 e. The number of ether oxygens (including phenoxy) is 1. The second-order valence-corrected chi connectivity index (χ2v) is 7.85. The number of rotatable bonds is 6. The van der Waals surface area contributed by atoms with Gasteiger partial charge < -0.3 is 10.1 Å². The normalized spacial score (nSPS) is 18.4. The third kappa shape index (κ3) is 4.64. The van der Waals surface area contributed by atoms with Crippen LogP contribution in [0.3, 0.4) is 0 Å². The lowest BCUT2D eigenvalue weighted by Gasteiger charge is -2.21. The van der Waals surface area contributed by atoms with Crippen molar-refractivity contribution in [1.29, 1.82) is 0 Å². The number of nitrogens with one attached hydrogen (secondary N) is 1. The van der Waals surface area contributed by atoms with Crippen LogP contribution in [0.2, 0.25) is 0 Å². The number of hydrogen-bond acceptors (Lipinski definition) is 6. The van der Waals surface area contributed by atoms with Gasteiger partial charge in [-0.1, -0.05) is 37.7 Å². The number of tetrazole rings is 1. The van der Waals surface area contributed by atoms with E-state index in [9.17, 15) is 18.0 Å². The summed E-state index contributed by atoms with van der Waals surface area (Å²) in [4.78, 5) is 12.8. The van der Waals surface area contributed by atoms with Gasteiger partial charge in [-0.25, -0.2) is 4.68 Å². The number of halogens is 3. The lowest BCUT2D eigenvalue weighted by Crippen LogP contribution is -2.31. The zero-order valence-corrected chi connectivity index (χ0v) is 16.1. The Morgan fingerprint density at radius 3 is 2.75 bits per heavy atom. The summed E-state index contributed by atoms with van der Waals surface area (Å²) in [5.41, 5.74) is -1.15. The standard InChI is InChI=1S/C17H20F3N5O2S/c1-10(2)14(28-16-22-23-24-25(16)11-7-8-27-9-11)15(26)21-13-6-4-3-5-12(13)17(18,19)20/h3-6,10-11,14H,7-9H2,1-2H3,(H,21,26). The minimum atomic E-state index is -4.56. The first-order chi connectivity index (χ1) is 13.3. The Balaban J connectivity index is 1.79. The monoisotopic (exact) mass is 415 g/mol. The Hall–Kier alpha value is -2.14. The highest BCUT2D eigenvalue weighted by Gasteiger charge is 2.35. The Kier molecular flexibility index (Phi) is 6.23. The fraction of sp³-hybridized carbons (Fsp3) is 0.529. The number of anilines is 1. The third-order valence-corrected chi connectivity index (χ3v) is 5.79. The first-order valence-electron chi connectivity index (χ1n) is 8.76. The molecule has 0 spiro atoms. The lowest BCUT2D eigenvalue weighted by molar-refractivity contribution is -0.137. The molecule has 0 saturated carbocycles. The fourth-order valence-electron chi connectivity index (χ4n) is 2.86. The summed E-state index contributed by atoms with van der Waals surface area (Å²) in [6.07, 6.45) is -3.80. The average Bonchev–Trinajstić information content (AvgIpc) is 3.30. The van der Waals surface area contributed by atoms with Crippen LogP contribution < -0.4 is 5.32 Å². The number of benzene rings is 1. The van der Waals surface area contributed by atoms with Crippen LogP contribution in [0.4, 0.5) is 18.9 Å². The van der Waals surface area contributed by atoms with Gasteiger partial charge in [-0.2, -0.15) is 13.2 Å². The molecular formula is C17H20F3N5O2S. The molecule has 2 aromatic rings. The van der Waals surface area contributed by atoms with Gasteiger partial charge in [0.2, 0.25) is 11.1 Å². The molecule has 1 fully saturated rings. The van der Waals surface area contributed by atoms with Gasteiger partial charge in [-0.05, 0) is 34.9 Å². The van der Waals surface area contributed by atoms with Crippen LogP contribution in [0, 0.1) is 5.92 Å². The van der Waals surface area contributed by atoms with E-state index in [1.807, 2.05) is 13.8 Å². The number of thioether (sulfide) groups is 1. The number of hydrogen-bond donors (Lipinski definition) is 1. The maximum absolute atomic E-state index is 13.2. The number of nitrogens with zero attached hydrogens (tertiary/aromatic N) is 4. The molecule has 0 radical (unpaired) electrons. The fourth-order valence-corrected chi connectivity index (χ4v) is 3.90. The van der Waals surface area contributed by atoms with Gasteiger partial charge in [0.05, 0.1) is 29.1 Å². The summed E-state index contributed by atoms with van der Waals surface area (Å²) in [6.45, 7) is 4.73. The van der Waals surface area contributed by atoms with Crippen LogP contribution in [0.25, 0.3) is 0 Å². The molecular weight excluding hydrogens is 395 g/mol. The summed E-state index contributed by atoms with van der Waals surface area (Å²) in [7, 11) is 0. The van der Waals surface area contributed by atoms with Gasteiger partial charge in [0.25, 0.3) is 0 Å². The van der Waals surface area contributed by atoms with Crippen molar-refractivity contribution in [2.45, 2.75) is 42.9 Å². The zero-order valence-electron chi connectivity index (χ0n) is 15.3. The van der Waals surface area contributed by atoms with Crippen molar-refractivity contribution in [3.8, 4) is 0 Å². The predicted molar refractivity (Wildman–Crippen MR) is 96.8 cm³/mol. The van der Waals surface area contributed by atoms with Gasteiger partial charge >= 0.3 is 6.18 Å². The molecule has 2 unspecified atom stereocenters. The van der Waals surface area contributed by atoms with E-state index in [0.29, 0.717) is 18.4 Å². The van der Waals surface area contributed by atoms with Crippen molar-refractivity contribution in [3.63, 3.8) is 0 Å². The van der Waals surface area contributed by atoms with Crippen LogP contribution in [-0.4, -0.2) is 44.6 Å². The average molecular weight is 415 g/mol. The molecule has 28 heavy (non-hydrogen) atoms. The molecule has 152 valence electrons. The molecule has 1 saturated heterocycles. The van der Waals surface area contributed by atoms with E-state index in [2.05, 4.69) is 20.8 Å². The summed E-state index contributed by atoms with van der Waals surface area (Å²) in [5.74, 6) is -0.693. The summed E-state index contributed by atoms with van der Waals surface area (Å²) < 4.78 is 46.5. The van der Waals surface area contributed by atoms with Crippen LogP contribution in [0.5, 0.6) is 0 Å². The topological polar surface area (TPSA) is 81.9 Å². The first-order valence-corrected chi connectivity index (χ1v) is 9.64. The van der Waals surface area contributed by atoms with Gasteiger partial charge in [-0.15, -0.1) is 5.10 Å². The quantitative estimate of drug-likeness (QED) is 0.729. The Morgan fingerprint density at radius 1 is 1.36 bits per heavy atom. The van der Waals surface area contributed by atoms with E-state index in [0.717, 1.165) is 24.2 Å². The number of carbonyl (C=O) groups excluding carboxylic acids is 1. The van der Waals surface area contributed by atoms with Gasteiger partial charge in [0.15, 0.2) is 0 Å². The van der Waals surface area contributed by atoms with Gasteiger partial charge in [0, 0.05) is 6.61 Å². The second-order valence-electron chi connectivity index (χ2n) is 6.74. The molecule has 0 aliphatic carbocycles. The number of aromatic nitrogens is 4. The maximum Gasteiger partial charge on any atom is 0.418 e. The highest BCUT2D eigenvalue weighted by Crippen LogP contribution is 2.36. The van der Waals surface area contributed by atoms with E-state index in [1.54, 1.807) is 4.68 Å². The van der Waals surface area contributed by atoms with E-state index in [-0.39, 0.29) is 17.6 Å². The van der Waals surface area contributed by atoms with E-state index in [4.69, 9.17) is 4.74 Å². The SMILES string of the molecule is CC(C)C(Sc1nnnn1C1CCOC1)C(=O)Nc1ccccc1C(F)(F)F. The number of carbonyl (C=O) groups is 1. The molecule has 11 heteroatoms. The summed E-state index contributed by atoms with van der Waals surface area (Å²) in [5, 5.41) is 13.8. The molecule has 1 amide bonds. The van der Waals surface area contributed by atoms with Gasteiger partial charge in [0.1, 0.15) is 0 Å². The lowest BCUT2D eigenvalue weighted by atomic mass is 10.1. The molecule has 1 aromatic heterocycles. The molecule has 3 rings (SSSR count). The molecule has 2 atom stereocenters. The highest BCUT2D eigenvalue weighted by molar-refractivity contribution is 8.00. The van der Waals surface area contributed by atoms with Crippen molar-refractivity contribution < 1.29 is 22.7 Å². The summed E-state index contributed by atoms with van der Waals surface area (Å²) in [6, 6.07) is 4.89. The van der Waals surface area contributed by atoms with Crippen molar-refractivity contribution >= 4 is 23.4 Å². The van der Waals surface area contributed by atoms with E-state index < -0.39 is 22.9 Å². The number of alkyl halides is 3. The second kappa shape index (κ2) is 8.48. The molecule has 1 aliphatic rings. The van der Waals surface area contributed by atoms with Crippen LogP contribution in [0.15, 0.2) is 29.4 Å².